The summed E-state index contributed by atoms with van der Waals surface area (Å²) < 4.78 is 0. The van der Waals surface area contributed by atoms with Gasteiger partial charge in [0.1, 0.15) is 0 Å². The van der Waals surface area contributed by atoms with Crippen LogP contribution >= 0.6 is 0 Å². The van der Waals surface area contributed by atoms with Gasteiger partial charge in [0.15, 0.2) is 0 Å². The van der Waals surface area contributed by atoms with Gasteiger partial charge in [0.2, 0.25) is 0 Å². The van der Waals surface area contributed by atoms with Crippen LogP contribution in [0.2, 0.25) is 0 Å². The lowest BCUT2D eigenvalue weighted by molar-refractivity contribution is -0.137. The largest absolute Gasteiger partial charge is 0.481 e. The zero-order valence-corrected chi connectivity index (χ0v) is 5.96. The number of carboxylic acid groups (broad SMARTS) is 1. The van der Waals surface area contributed by atoms with Crippen molar-refractivity contribution in [1.29, 1.82) is 0 Å². The predicted molar refractivity (Wildman–Crippen MR) is 39.7 cm³/mol. The molecule has 0 fully saturated rings. The molecule has 4 heteroatoms. The number of hydrogen-bond acceptors (Lipinski definition) is 2. The minimum atomic E-state index is -1.07. The van der Waals surface area contributed by atoms with Crippen LogP contribution in [0.5, 0.6) is 0 Å². The van der Waals surface area contributed by atoms with E-state index >= 15 is 0 Å². The molecular formula is C7H9NO3. The van der Waals surface area contributed by atoms with Crippen molar-refractivity contribution in [3.05, 3.63) is 24.9 Å². The lowest BCUT2D eigenvalue weighted by Crippen LogP contribution is -2.19. The number of carbonyl (C=O) groups is 2. The average molecular weight is 155 g/mol. The molecule has 0 spiro atoms. The molecule has 0 saturated carbocycles. The first kappa shape index (κ1) is 9.42. The van der Waals surface area contributed by atoms with Crippen LogP contribution in [-0.4, -0.2) is 17.0 Å². The quantitative estimate of drug-likeness (QED) is 0.573. The molecule has 0 unspecified atom stereocenters. The van der Waals surface area contributed by atoms with E-state index < -0.39 is 11.9 Å². The van der Waals surface area contributed by atoms with Gasteiger partial charge in [0.25, 0.3) is 5.91 Å². The van der Waals surface area contributed by atoms with E-state index in [1.807, 2.05) is 0 Å². The second-order valence-electron chi connectivity index (χ2n) is 1.85. The minimum absolute atomic E-state index is 0.0115. The van der Waals surface area contributed by atoms with E-state index in [0.29, 0.717) is 0 Å². The summed E-state index contributed by atoms with van der Waals surface area (Å²) >= 11 is 0. The number of nitrogens with one attached hydrogen (secondary N) is 1. The zero-order valence-electron chi connectivity index (χ0n) is 5.96. The van der Waals surface area contributed by atoms with Crippen molar-refractivity contribution in [2.75, 3.05) is 0 Å². The maximum Gasteiger partial charge on any atom is 0.308 e. The first-order valence-electron chi connectivity index (χ1n) is 2.89. The monoisotopic (exact) mass is 155 g/mol. The molecule has 0 aliphatic rings. The van der Waals surface area contributed by atoms with E-state index in [4.69, 9.17) is 5.11 Å². The Labute approximate surface area is 64.2 Å². The van der Waals surface area contributed by atoms with Gasteiger partial charge in [0, 0.05) is 5.57 Å². The van der Waals surface area contributed by atoms with E-state index in [0.717, 1.165) is 0 Å². The van der Waals surface area contributed by atoms with Gasteiger partial charge in [-0.1, -0.05) is 13.2 Å². The van der Waals surface area contributed by atoms with E-state index in [1.54, 1.807) is 0 Å². The van der Waals surface area contributed by atoms with Gasteiger partial charge in [-0.05, 0) is 6.20 Å². The Balaban J connectivity index is 3.93. The van der Waals surface area contributed by atoms with Gasteiger partial charge < -0.3 is 10.4 Å². The Morgan fingerprint density at radius 1 is 1.55 bits per heavy atom. The maximum absolute atomic E-state index is 10.7. The van der Waals surface area contributed by atoms with E-state index in [2.05, 4.69) is 18.5 Å². The van der Waals surface area contributed by atoms with E-state index in [-0.39, 0.29) is 12.0 Å². The lowest BCUT2D eigenvalue weighted by Gasteiger charge is -1.99. The summed E-state index contributed by atoms with van der Waals surface area (Å²) in [5.74, 6) is -1.59. The molecule has 60 valence electrons. The molecule has 0 aromatic carbocycles. The summed E-state index contributed by atoms with van der Waals surface area (Å²) in [5.41, 5.74) is 0.0115. The summed E-state index contributed by atoms with van der Waals surface area (Å²) in [7, 11) is 0. The van der Waals surface area contributed by atoms with Crippen LogP contribution in [0.4, 0.5) is 0 Å². The van der Waals surface area contributed by atoms with Crippen molar-refractivity contribution in [3.63, 3.8) is 0 Å². The second-order valence-corrected chi connectivity index (χ2v) is 1.85. The smallest absolute Gasteiger partial charge is 0.308 e. The van der Waals surface area contributed by atoms with Gasteiger partial charge in [-0.3, -0.25) is 9.59 Å². The van der Waals surface area contributed by atoms with Crippen molar-refractivity contribution >= 4 is 11.9 Å². The molecule has 0 radical (unpaired) electrons. The molecule has 4 nitrogen and oxygen atoms in total. The average Bonchev–Trinajstić information content (AvgIpc) is 1.86. The Morgan fingerprint density at radius 3 is 2.45 bits per heavy atom. The lowest BCUT2D eigenvalue weighted by atomic mass is 10.2. The standard InChI is InChI=1S/C7H9NO3/c1-3-8-7(11)5(2)4-6(9)10/h3H,1-2,4H2,(H,8,11)(H,9,10). The molecule has 0 aliphatic carbocycles. The number of carbonyl (C=O) groups excluding carboxylic acids is 1. The van der Waals surface area contributed by atoms with Crippen LogP contribution in [-0.2, 0) is 9.59 Å². The highest BCUT2D eigenvalue weighted by Gasteiger charge is 2.08. The summed E-state index contributed by atoms with van der Waals surface area (Å²) in [5, 5.41) is 10.4. The van der Waals surface area contributed by atoms with Crippen LogP contribution in [0.1, 0.15) is 6.42 Å². The van der Waals surface area contributed by atoms with Crippen LogP contribution < -0.4 is 5.32 Å². The van der Waals surface area contributed by atoms with Gasteiger partial charge in [-0.25, -0.2) is 0 Å². The molecule has 0 saturated heterocycles. The minimum Gasteiger partial charge on any atom is -0.481 e. The predicted octanol–water partition coefficient (Wildman–Crippen LogP) is 0.277. The van der Waals surface area contributed by atoms with E-state index in [9.17, 15) is 9.59 Å². The van der Waals surface area contributed by atoms with Crippen molar-refractivity contribution in [2.45, 2.75) is 6.42 Å². The van der Waals surface area contributed by atoms with Crippen LogP contribution in [0, 0.1) is 0 Å². The first-order valence-corrected chi connectivity index (χ1v) is 2.89. The van der Waals surface area contributed by atoms with Gasteiger partial charge in [-0.15, -0.1) is 0 Å². The molecule has 2 N–H and O–H groups in total. The summed E-state index contributed by atoms with van der Waals surface area (Å²) in [4.78, 5) is 20.8. The zero-order chi connectivity index (χ0) is 8.85. The number of hydrogen-bond donors (Lipinski definition) is 2. The molecule has 0 atom stereocenters. The third-order valence-electron chi connectivity index (χ3n) is 0.919. The molecule has 0 rings (SSSR count). The van der Waals surface area contributed by atoms with Gasteiger partial charge >= 0.3 is 5.97 Å². The Kier molecular flexibility index (Phi) is 3.66. The van der Waals surface area contributed by atoms with Gasteiger partial charge in [-0.2, -0.15) is 0 Å². The highest BCUT2D eigenvalue weighted by atomic mass is 16.4. The molecule has 0 aromatic rings. The van der Waals surface area contributed by atoms with Gasteiger partial charge in [0.05, 0.1) is 6.42 Å². The Morgan fingerprint density at radius 2 is 2.09 bits per heavy atom. The summed E-state index contributed by atoms with van der Waals surface area (Å²) in [6.07, 6.45) is 0.828. The fraction of sp³-hybridized carbons (Fsp3) is 0.143. The number of amides is 1. The van der Waals surface area contributed by atoms with E-state index in [1.165, 1.54) is 6.20 Å². The summed E-state index contributed by atoms with van der Waals surface area (Å²) in [6.45, 7) is 6.51. The Hall–Kier alpha value is -1.58. The van der Waals surface area contributed by atoms with Crippen molar-refractivity contribution < 1.29 is 14.7 Å². The van der Waals surface area contributed by atoms with Crippen LogP contribution in [0.15, 0.2) is 24.9 Å². The van der Waals surface area contributed by atoms with Crippen molar-refractivity contribution in [2.24, 2.45) is 0 Å². The maximum atomic E-state index is 10.7. The second kappa shape index (κ2) is 4.27. The Bertz CT molecular complexity index is 208. The topological polar surface area (TPSA) is 66.4 Å². The van der Waals surface area contributed by atoms with Crippen molar-refractivity contribution in [1.82, 2.24) is 5.32 Å². The molecule has 0 aliphatic heterocycles. The summed E-state index contributed by atoms with van der Waals surface area (Å²) in [6, 6.07) is 0. The van der Waals surface area contributed by atoms with Crippen LogP contribution in [0.25, 0.3) is 0 Å². The normalized spacial score (nSPS) is 8.36. The number of carboxylic acids is 1. The number of rotatable bonds is 4. The number of aliphatic carboxylic acids is 1. The highest BCUT2D eigenvalue weighted by molar-refractivity contribution is 5.97. The molecule has 1 amide bonds. The molecule has 11 heavy (non-hydrogen) atoms. The molecule has 0 bridgehead atoms. The van der Waals surface area contributed by atoms with Crippen molar-refractivity contribution in [3.8, 4) is 0 Å². The SMILES string of the molecule is C=CNC(=O)C(=C)CC(=O)O. The molecule has 0 heterocycles. The molecular weight excluding hydrogens is 146 g/mol. The fourth-order valence-corrected chi connectivity index (χ4v) is 0.458. The third kappa shape index (κ3) is 3.91. The third-order valence-corrected chi connectivity index (χ3v) is 0.919. The fourth-order valence-electron chi connectivity index (χ4n) is 0.458. The molecule has 0 aromatic heterocycles. The first-order chi connectivity index (χ1) is 5.07. The highest BCUT2D eigenvalue weighted by Crippen LogP contribution is 1.96. The van der Waals surface area contributed by atoms with Crippen LogP contribution in [0.3, 0.4) is 0 Å².